The van der Waals surface area contributed by atoms with E-state index in [0.29, 0.717) is 35.5 Å². The summed E-state index contributed by atoms with van der Waals surface area (Å²) in [6.45, 7) is 5.27. The van der Waals surface area contributed by atoms with E-state index in [9.17, 15) is 19.2 Å². The molecular weight excluding hydrogens is 1290 g/mol. The van der Waals surface area contributed by atoms with Gasteiger partial charge in [-0.05, 0) is 111 Å². The molecule has 18 aromatic heterocycles. The molecule has 0 aromatic carbocycles. The Morgan fingerprint density at radius 1 is 0.304 bits per heavy atom. The summed E-state index contributed by atoms with van der Waals surface area (Å²) in [7, 11) is 15.0. The van der Waals surface area contributed by atoms with Gasteiger partial charge in [-0.3, -0.25) is 64.0 Å². The van der Waals surface area contributed by atoms with Gasteiger partial charge in [0.1, 0.15) is 90.5 Å². The molecule has 102 heavy (non-hydrogen) atoms. The van der Waals surface area contributed by atoms with Crippen LogP contribution in [0.25, 0.3) is 67.5 Å². The molecule has 0 saturated heterocycles. The van der Waals surface area contributed by atoms with Crippen molar-refractivity contribution >= 4 is 91.0 Å². The number of aryl methyl sites for hydroxylation is 2. The third-order valence-electron chi connectivity index (χ3n) is 18.5. The van der Waals surface area contributed by atoms with Crippen LogP contribution >= 0.6 is 0 Å². The maximum Gasteiger partial charge on any atom is 0.277 e. The van der Waals surface area contributed by atoms with Gasteiger partial charge in [0.2, 0.25) is 0 Å². The monoisotopic (exact) mass is 1360 g/mol. The minimum atomic E-state index is 0.00806. The van der Waals surface area contributed by atoms with E-state index in [1.54, 1.807) is 71.9 Å². The van der Waals surface area contributed by atoms with Crippen molar-refractivity contribution in [2.45, 2.75) is 39.3 Å². The number of fused-ring (bicyclic) bond motifs is 1. The molecule has 28 heteroatoms. The van der Waals surface area contributed by atoms with Crippen molar-refractivity contribution in [1.82, 2.24) is 98.9 Å². The first kappa shape index (κ1) is 64.9. The number of hydrogen-bond donors (Lipinski definition) is 1. The van der Waals surface area contributed by atoms with Gasteiger partial charge in [-0.2, -0.15) is 0 Å². The molecule has 5 aliphatic rings. The second kappa shape index (κ2) is 26.6. The standard InChI is InChI=1S/2C10H9N3O.C10H11N3.2C9H7N3O.2C9H9N3.C7H6N2.CH5N/c1-12-6-7-5-11-9-4-2-3-8(10(12)14)13(7)9;1-12-6-7-3-2-4-9-11-5-8(10(12)14)13(7)9;1-12-6-8-3-2-4-10-11-5-9(7-12)13(8)10;1-11-8-4-2-3-7-10-5-6(9(11)13)12(7)8;1-11-8-5-10-7-4-2-3-6(9(11)13)12(7)8;1-11-6-7-5-10-8-3-2-4-9(11)12(7)8;1-11-6-7-3-2-4-8-10-5-9(11)12(7)8;1-2-5-9-6-4-8-7(9)3-1;1-2/h2*2-5H,6H2,1H3;2-5H,6-7H2,1H3;2*2-5H,1H3;2*2-5H,6H2,1H3;1-6H;2H2,1H3. The van der Waals surface area contributed by atoms with Crippen molar-refractivity contribution in [2.75, 3.05) is 52.1 Å². The molecule has 0 unspecified atom stereocenters. The van der Waals surface area contributed by atoms with Crippen molar-refractivity contribution in [3.8, 4) is 0 Å². The molecule has 2 N–H and O–H groups in total. The summed E-state index contributed by atoms with van der Waals surface area (Å²) in [6, 6.07) is 47.4. The average Bonchev–Trinajstić information content (AvgIpc) is 1.58. The SMILES string of the molecule is CN.CN1Cc2cccc3ncc(n23)C1.CN1Cc2cccc3ncc(n23)C1=O.CN1Cc2cccc3ncc1n23.CN1Cc2cnc3cccc(n23)C1=O.CN1Cc2cnc3cccc1n23.Cn1c(=O)c2cccc3ncc1n32.Cn1c(=O)c2cnc3cccc1n32.c1ccn2ccnc2c1. The molecule has 23 rings (SSSR count). The van der Waals surface area contributed by atoms with Gasteiger partial charge in [0.05, 0.1) is 86.6 Å². The number of rotatable bonds is 0. The van der Waals surface area contributed by atoms with Gasteiger partial charge in [0.25, 0.3) is 22.9 Å². The maximum absolute atomic E-state index is 11.8. The Kier molecular flexibility index (Phi) is 16.9. The summed E-state index contributed by atoms with van der Waals surface area (Å²) in [5.41, 5.74) is 23.9. The molecule has 5 aliphatic heterocycles. The molecule has 512 valence electrons. The number of amides is 2. The van der Waals surface area contributed by atoms with Crippen LogP contribution in [0.1, 0.15) is 55.1 Å². The third-order valence-corrected chi connectivity index (χ3v) is 18.5. The van der Waals surface area contributed by atoms with Gasteiger partial charge in [0, 0.05) is 91.0 Å². The highest BCUT2D eigenvalue weighted by atomic mass is 16.2. The van der Waals surface area contributed by atoms with E-state index in [1.165, 1.54) is 41.5 Å². The number of nitrogens with two attached hydrogens (primary N) is 1. The zero-order valence-electron chi connectivity index (χ0n) is 57.4. The second-order valence-corrected chi connectivity index (χ2v) is 25.1. The largest absolute Gasteiger partial charge is 0.355 e. The van der Waals surface area contributed by atoms with Crippen LogP contribution in [-0.4, -0.2) is 153 Å². The molecule has 2 amide bonds. The summed E-state index contributed by atoms with van der Waals surface area (Å²) >= 11 is 0. The highest BCUT2D eigenvalue weighted by Gasteiger charge is 2.26. The van der Waals surface area contributed by atoms with Crippen LogP contribution in [0.2, 0.25) is 0 Å². The van der Waals surface area contributed by atoms with Gasteiger partial charge < -0.3 is 29.7 Å². The van der Waals surface area contributed by atoms with Crippen molar-refractivity contribution < 1.29 is 9.59 Å². The number of carbonyl (C=O) groups is 2. The Morgan fingerprint density at radius 2 is 0.735 bits per heavy atom. The Morgan fingerprint density at radius 3 is 1.42 bits per heavy atom. The molecule has 0 atom stereocenters. The predicted octanol–water partition coefficient (Wildman–Crippen LogP) is 7.84. The zero-order valence-corrected chi connectivity index (χ0v) is 57.4. The lowest BCUT2D eigenvalue weighted by Crippen LogP contribution is -2.32. The number of imidazole rings is 10. The zero-order chi connectivity index (χ0) is 70.6. The lowest BCUT2D eigenvalue weighted by Gasteiger charge is -2.23. The molecular formula is C74H72N24O4. The lowest BCUT2D eigenvalue weighted by atomic mass is 10.2. The molecule has 0 saturated carbocycles. The fourth-order valence-electron chi connectivity index (χ4n) is 13.7. The van der Waals surface area contributed by atoms with Crippen molar-refractivity contribution in [2.24, 2.45) is 19.8 Å². The quantitative estimate of drug-likeness (QED) is 0.152. The minimum absolute atomic E-state index is 0.00806. The molecule has 0 fully saturated rings. The van der Waals surface area contributed by atoms with E-state index in [4.69, 9.17) is 0 Å². The summed E-state index contributed by atoms with van der Waals surface area (Å²) in [5.74, 6) is 2.53. The number of hydrogen-bond acceptors (Lipinski definition) is 16. The molecule has 0 spiro atoms. The first-order valence-corrected chi connectivity index (χ1v) is 33.0. The fraction of sp³-hybridized carbons (Fsp3) is 0.189. The highest BCUT2D eigenvalue weighted by Crippen LogP contribution is 2.28. The number of anilines is 2. The number of carbonyl (C=O) groups excluding carboxylic acids is 2. The van der Waals surface area contributed by atoms with E-state index in [0.717, 1.165) is 94.0 Å². The Bertz CT molecular complexity index is 6170. The smallest absolute Gasteiger partial charge is 0.277 e. The first-order valence-electron chi connectivity index (χ1n) is 33.0. The van der Waals surface area contributed by atoms with E-state index < -0.39 is 0 Å². The van der Waals surface area contributed by atoms with Gasteiger partial charge in [-0.25, -0.2) is 39.9 Å². The van der Waals surface area contributed by atoms with E-state index in [-0.39, 0.29) is 22.9 Å². The summed E-state index contributed by atoms with van der Waals surface area (Å²) in [6.07, 6.45) is 18.3. The normalized spacial score (nSPS) is 13.7. The summed E-state index contributed by atoms with van der Waals surface area (Å²) in [5, 5.41) is 0. The van der Waals surface area contributed by atoms with Gasteiger partial charge in [-0.15, -0.1) is 0 Å². The van der Waals surface area contributed by atoms with Gasteiger partial charge in [-0.1, -0.05) is 48.5 Å². The van der Waals surface area contributed by atoms with Crippen LogP contribution in [0.5, 0.6) is 0 Å². The Labute approximate surface area is 581 Å². The first-order chi connectivity index (χ1) is 49.6. The van der Waals surface area contributed by atoms with Gasteiger partial charge in [0.15, 0.2) is 0 Å². The third kappa shape index (κ3) is 11.4. The predicted molar refractivity (Wildman–Crippen MR) is 390 cm³/mol. The maximum atomic E-state index is 11.8. The van der Waals surface area contributed by atoms with Crippen molar-refractivity contribution in [3.05, 3.63) is 274 Å². The topological polar surface area (TPSA) is 259 Å². The summed E-state index contributed by atoms with van der Waals surface area (Å²) in [4.78, 5) is 90.6. The van der Waals surface area contributed by atoms with Crippen LogP contribution in [0, 0.1) is 0 Å². The molecule has 0 aliphatic carbocycles. The Balaban J connectivity index is 0.0000000941. The summed E-state index contributed by atoms with van der Waals surface area (Å²) < 4.78 is 19.4. The van der Waals surface area contributed by atoms with E-state index >= 15 is 0 Å². The molecule has 0 bridgehead atoms. The number of pyridine rings is 8. The molecule has 18 aromatic rings. The molecule has 23 heterocycles. The van der Waals surface area contributed by atoms with E-state index in [2.05, 4.69) is 131 Å². The Hall–Kier alpha value is -13.1. The van der Waals surface area contributed by atoms with E-state index in [1.807, 2.05) is 168 Å². The van der Waals surface area contributed by atoms with Crippen LogP contribution in [-0.2, 0) is 53.4 Å². The molecule has 0 radical (unpaired) electrons. The van der Waals surface area contributed by atoms with Gasteiger partial charge >= 0.3 is 0 Å². The minimum Gasteiger partial charge on any atom is -0.355 e. The lowest BCUT2D eigenvalue weighted by molar-refractivity contribution is 0.0752. The number of nitrogens with zero attached hydrogens (tertiary/aromatic N) is 23. The second-order valence-electron chi connectivity index (χ2n) is 25.1. The number of aromatic nitrogens is 18. The molecule has 28 nitrogen and oxygen atoms in total. The fourth-order valence-corrected chi connectivity index (χ4v) is 13.7. The van der Waals surface area contributed by atoms with Crippen LogP contribution in [0.3, 0.4) is 0 Å². The highest BCUT2D eigenvalue weighted by molar-refractivity contribution is 5.95. The van der Waals surface area contributed by atoms with Crippen molar-refractivity contribution in [1.29, 1.82) is 0 Å². The van der Waals surface area contributed by atoms with Crippen LogP contribution < -0.4 is 26.7 Å². The van der Waals surface area contributed by atoms with Crippen LogP contribution in [0.4, 0.5) is 11.6 Å². The average molecular weight is 1360 g/mol. The van der Waals surface area contributed by atoms with Crippen LogP contribution in [0.15, 0.2) is 217 Å². The van der Waals surface area contributed by atoms with Crippen molar-refractivity contribution in [3.63, 3.8) is 0 Å².